The van der Waals surface area contributed by atoms with Crippen LogP contribution in [0.1, 0.15) is 27.7 Å². The predicted octanol–water partition coefficient (Wildman–Crippen LogP) is 2.13. The van der Waals surface area contributed by atoms with Crippen LogP contribution in [0.4, 0.5) is 0 Å². The van der Waals surface area contributed by atoms with Crippen LogP contribution in [0.25, 0.3) is 5.69 Å². The van der Waals surface area contributed by atoms with E-state index in [0.29, 0.717) is 5.69 Å². The molecule has 2 rings (SSSR count). The Kier molecular flexibility index (Phi) is 6.02. The Bertz CT molecular complexity index is 411. The quantitative estimate of drug-likeness (QED) is 0.672. The summed E-state index contributed by atoms with van der Waals surface area (Å²) in [5, 5.41) is 0. The van der Waals surface area contributed by atoms with E-state index in [4.69, 9.17) is 0 Å². The lowest BCUT2D eigenvalue weighted by atomic mass is 10.3. The highest BCUT2D eigenvalue weighted by Crippen LogP contribution is 2.00. The molecule has 0 aliphatic rings. The molecule has 0 spiro atoms. The van der Waals surface area contributed by atoms with Gasteiger partial charge in [-0.15, -0.1) is 0 Å². The molecule has 0 aliphatic carbocycles. The summed E-state index contributed by atoms with van der Waals surface area (Å²) >= 11 is 0. The normalized spacial score (nSPS) is 8.53. The molecule has 0 N–H and O–H groups in total. The maximum absolute atomic E-state index is 10.6. The van der Waals surface area contributed by atoms with Gasteiger partial charge in [-0.2, -0.15) is 0 Å². The predicted molar refractivity (Wildman–Crippen MR) is 63.4 cm³/mol. The Balaban J connectivity index is 0.000000442. The molecule has 0 fully saturated rings. The molecule has 0 radical (unpaired) electrons. The lowest BCUT2D eigenvalue weighted by Crippen LogP contribution is -1.89. The zero-order valence-electron chi connectivity index (χ0n) is 9.65. The van der Waals surface area contributed by atoms with Crippen LogP contribution in [-0.4, -0.2) is 4.57 Å². The van der Waals surface area contributed by atoms with E-state index in [1.165, 1.54) is 0 Å². The highest BCUT2D eigenvalue weighted by molar-refractivity contribution is 5.33. The third-order valence-electron chi connectivity index (χ3n) is 1.55. The average molecular weight is 207 g/mol. The lowest BCUT2D eigenvalue weighted by Gasteiger charge is -1.88. The van der Waals surface area contributed by atoms with Gasteiger partial charge in [0, 0.05) is 0 Å². The van der Waals surface area contributed by atoms with Crippen molar-refractivity contribution in [1.82, 2.24) is 4.57 Å². The minimum Gasteiger partial charge on any atom is -0.262 e. The Morgan fingerprint density at radius 2 is 1.20 bits per heavy atom. The van der Waals surface area contributed by atoms with Gasteiger partial charge in [0.05, 0.1) is 5.69 Å². The summed E-state index contributed by atoms with van der Waals surface area (Å²) in [5.41, 5.74) is -0.185. The fraction of sp³-hybridized carbons (Fsp3) is 0.333. The summed E-state index contributed by atoms with van der Waals surface area (Å²) in [4.78, 5) is 21.2. The maximum Gasteiger partial charge on any atom is 0.324 e. The molecule has 0 amide bonds. The Morgan fingerprint density at radius 3 is 1.53 bits per heavy atom. The topological polar surface area (TPSA) is 39.1 Å². The van der Waals surface area contributed by atoms with Gasteiger partial charge in [0.25, 0.3) is 0 Å². The number of para-hydroxylation sites is 1. The van der Waals surface area contributed by atoms with Gasteiger partial charge in [0.2, 0.25) is 0 Å². The van der Waals surface area contributed by atoms with Crippen molar-refractivity contribution in [3.05, 3.63) is 51.0 Å². The molecular weight excluding hydrogens is 190 g/mol. The van der Waals surface area contributed by atoms with Crippen LogP contribution in [0, 0.1) is 0 Å². The van der Waals surface area contributed by atoms with Crippen molar-refractivity contribution >= 4 is 0 Å². The summed E-state index contributed by atoms with van der Waals surface area (Å²) in [5.74, 6) is 0. The maximum atomic E-state index is 10.6. The van der Waals surface area contributed by atoms with Gasteiger partial charge >= 0.3 is 11.1 Å². The van der Waals surface area contributed by atoms with E-state index in [1.54, 1.807) is 24.3 Å². The second kappa shape index (κ2) is 6.76. The SMILES string of the molecule is CC.CC.O=c1c(=O)n1-c1ccccc1. The summed E-state index contributed by atoms with van der Waals surface area (Å²) in [6, 6.07) is 8.86. The van der Waals surface area contributed by atoms with Gasteiger partial charge in [-0.1, -0.05) is 45.9 Å². The van der Waals surface area contributed by atoms with Crippen LogP contribution in [0.2, 0.25) is 0 Å². The molecule has 0 atom stereocenters. The third-order valence-corrected chi connectivity index (χ3v) is 1.55. The van der Waals surface area contributed by atoms with Crippen molar-refractivity contribution in [2.24, 2.45) is 0 Å². The van der Waals surface area contributed by atoms with Crippen molar-refractivity contribution in [3.63, 3.8) is 0 Å². The summed E-state index contributed by atoms with van der Waals surface area (Å²) in [6.07, 6.45) is 0. The van der Waals surface area contributed by atoms with Gasteiger partial charge in [0.15, 0.2) is 0 Å². The number of hydrogen-bond acceptors (Lipinski definition) is 2. The zero-order valence-corrected chi connectivity index (χ0v) is 9.65. The first kappa shape index (κ1) is 13.4. The Morgan fingerprint density at radius 1 is 0.800 bits per heavy atom. The van der Waals surface area contributed by atoms with Gasteiger partial charge < -0.3 is 0 Å². The van der Waals surface area contributed by atoms with Crippen LogP contribution in [-0.2, 0) is 0 Å². The number of nitrogens with zero attached hydrogens (tertiary/aromatic N) is 1. The first-order chi connectivity index (χ1) is 7.30. The van der Waals surface area contributed by atoms with Crippen LogP contribution < -0.4 is 11.1 Å². The molecule has 1 aromatic carbocycles. The van der Waals surface area contributed by atoms with Crippen molar-refractivity contribution in [1.29, 1.82) is 0 Å². The number of aromatic nitrogens is 1. The largest absolute Gasteiger partial charge is 0.324 e. The summed E-state index contributed by atoms with van der Waals surface area (Å²) in [7, 11) is 0. The lowest BCUT2D eigenvalue weighted by molar-refractivity contribution is 1.17. The van der Waals surface area contributed by atoms with E-state index in [0.717, 1.165) is 4.57 Å². The number of hydrogen-bond donors (Lipinski definition) is 0. The molecule has 15 heavy (non-hydrogen) atoms. The smallest absolute Gasteiger partial charge is 0.262 e. The molecule has 1 aromatic heterocycles. The Hall–Kier alpha value is -1.64. The van der Waals surface area contributed by atoms with Crippen molar-refractivity contribution in [2.45, 2.75) is 27.7 Å². The minimum absolute atomic E-state index is 0.420. The monoisotopic (exact) mass is 207 g/mol. The summed E-state index contributed by atoms with van der Waals surface area (Å²) < 4.78 is 1.14. The molecule has 0 aliphatic heterocycles. The molecule has 0 saturated heterocycles. The zero-order chi connectivity index (χ0) is 11.8. The molecule has 3 nitrogen and oxygen atoms in total. The van der Waals surface area contributed by atoms with Crippen molar-refractivity contribution in [3.8, 4) is 5.69 Å². The minimum atomic E-state index is -0.420. The highest BCUT2D eigenvalue weighted by Gasteiger charge is 2.16. The fourth-order valence-corrected chi connectivity index (χ4v) is 0.946. The van der Waals surface area contributed by atoms with E-state index in [1.807, 2.05) is 33.8 Å². The van der Waals surface area contributed by atoms with Crippen LogP contribution in [0.15, 0.2) is 39.9 Å². The first-order valence-electron chi connectivity index (χ1n) is 5.24. The number of benzene rings is 1. The average Bonchev–Trinajstić information content (AvgIpc) is 2.93. The molecule has 0 bridgehead atoms. The van der Waals surface area contributed by atoms with Gasteiger partial charge in [-0.05, 0) is 12.1 Å². The van der Waals surface area contributed by atoms with Crippen LogP contribution in [0.3, 0.4) is 0 Å². The fourth-order valence-electron chi connectivity index (χ4n) is 0.946. The van der Waals surface area contributed by atoms with Gasteiger partial charge in [-0.3, -0.25) is 9.59 Å². The molecule has 0 saturated carbocycles. The highest BCUT2D eigenvalue weighted by atomic mass is 16.2. The van der Waals surface area contributed by atoms with Crippen LogP contribution >= 0.6 is 0 Å². The second-order valence-corrected chi connectivity index (χ2v) is 2.28. The van der Waals surface area contributed by atoms with Crippen molar-refractivity contribution in [2.75, 3.05) is 0 Å². The van der Waals surface area contributed by atoms with E-state index >= 15 is 0 Å². The molecule has 1 heterocycles. The molecular formula is C12H17NO2. The van der Waals surface area contributed by atoms with E-state index in [9.17, 15) is 9.59 Å². The first-order valence-corrected chi connectivity index (χ1v) is 5.24. The molecule has 0 unspecified atom stereocenters. The molecule has 2 aromatic rings. The Labute approximate surface area is 89.7 Å². The van der Waals surface area contributed by atoms with E-state index < -0.39 is 11.1 Å². The van der Waals surface area contributed by atoms with Crippen LogP contribution in [0.5, 0.6) is 0 Å². The van der Waals surface area contributed by atoms with Crippen molar-refractivity contribution < 1.29 is 0 Å². The van der Waals surface area contributed by atoms with E-state index in [-0.39, 0.29) is 0 Å². The van der Waals surface area contributed by atoms with E-state index in [2.05, 4.69) is 0 Å². The van der Waals surface area contributed by atoms with Gasteiger partial charge in [0.1, 0.15) is 0 Å². The standard InChI is InChI=1S/C8H5NO2.2C2H6/c10-7-8(11)9(7)6-4-2-1-3-5-6;2*1-2/h1-5H;2*1-2H3. The molecule has 82 valence electrons. The summed E-state index contributed by atoms with van der Waals surface area (Å²) in [6.45, 7) is 8.00. The molecule has 3 heteroatoms. The third kappa shape index (κ3) is 3.20. The second-order valence-electron chi connectivity index (χ2n) is 2.28. The van der Waals surface area contributed by atoms with Gasteiger partial charge in [-0.25, -0.2) is 4.57 Å². The number of rotatable bonds is 1.